The van der Waals surface area contributed by atoms with Crippen molar-refractivity contribution in [3.8, 4) is 0 Å². The Morgan fingerprint density at radius 1 is 1.36 bits per heavy atom. The Kier molecular flexibility index (Phi) is 4.25. The molecule has 0 bridgehead atoms. The van der Waals surface area contributed by atoms with Crippen molar-refractivity contribution < 1.29 is 20.1 Å². The van der Waals surface area contributed by atoms with Crippen molar-refractivity contribution in [3.05, 3.63) is 0 Å². The van der Waals surface area contributed by atoms with Crippen LogP contribution < -0.4 is 0 Å². The van der Waals surface area contributed by atoms with Gasteiger partial charge in [-0.15, -0.1) is 0 Å². The molecule has 0 aliphatic rings. The quantitative estimate of drug-likeness (QED) is 0.468. The van der Waals surface area contributed by atoms with Gasteiger partial charge in [-0.2, -0.15) is 0 Å². The highest BCUT2D eigenvalue weighted by molar-refractivity contribution is 5.61. The van der Waals surface area contributed by atoms with E-state index in [9.17, 15) is 4.79 Å². The van der Waals surface area contributed by atoms with Gasteiger partial charge in [0.25, 0.3) is 0 Å². The van der Waals surface area contributed by atoms with Crippen LogP contribution in [0.2, 0.25) is 0 Å². The molecule has 0 fully saturated rings. The summed E-state index contributed by atoms with van der Waals surface area (Å²) in [6.45, 7) is 0.331. The highest BCUT2D eigenvalue weighted by atomic mass is 16.3. The van der Waals surface area contributed by atoms with Gasteiger partial charge in [0.1, 0.15) is 0 Å². The Morgan fingerprint density at radius 3 is 1.91 bits per heavy atom. The summed E-state index contributed by atoms with van der Waals surface area (Å²) >= 11 is 0. The first kappa shape index (κ1) is 10.6. The maximum absolute atomic E-state index is 10.3. The lowest BCUT2D eigenvalue weighted by molar-refractivity contribution is 0.0387. The summed E-state index contributed by atoms with van der Waals surface area (Å²) in [5.41, 5.74) is -1.31. The molecule has 1 atom stereocenters. The Morgan fingerprint density at radius 2 is 1.82 bits per heavy atom. The van der Waals surface area contributed by atoms with Crippen molar-refractivity contribution in [3.63, 3.8) is 0 Å². The molecule has 0 rings (SSSR count). The van der Waals surface area contributed by atoms with Crippen LogP contribution in [0.1, 0.15) is 6.92 Å². The van der Waals surface area contributed by atoms with Crippen LogP contribution in [0.15, 0.2) is 0 Å². The third-order valence-electron chi connectivity index (χ3n) is 1.98. The van der Waals surface area contributed by atoms with Gasteiger partial charge in [0.05, 0.1) is 18.6 Å². The lowest BCUT2D eigenvalue weighted by Gasteiger charge is -2.27. The zero-order chi connectivity index (χ0) is 8.91. The van der Waals surface area contributed by atoms with Gasteiger partial charge in [0, 0.05) is 6.61 Å². The largest absolute Gasteiger partial charge is 0.396 e. The van der Waals surface area contributed by atoms with Crippen LogP contribution in [0.25, 0.3) is 0 Å². The number of hydrogen-bond acceptors (Lipinski definition) is 4. The highest BCUT2D eigenvalue weighted by Crippen LogP contribution is 2.23. The van der Waals surface area contributed by atoms with Crippen LogP contribution in [-0.4, -0.2) is 41.4 Å². The molecule has 11 heavy (non-hydrogen) atoms. The fraction of sp³-hybridized carbons (Fsp3) is 0.857. The van der Waals surface area contributed by atoms with E-state index in [4.69, 9.17) is 15.3 Å². The Labute approximate surface area is 65.5 Å². The smallest absolute Gasteiger partial charge is 0.210 e. The average Bonchev–Trinajstić information content (AvgIpc) is 2.08. The second-order valence-electron chi connectivity index (χ2n) is 2.66. The van der Waals surface area contributed by atoms with E-state index in [1.54, 1.807) is 13.2 Å². The molecule has 0 aromatic heterocycles. The minimum absolute atomic E-state index is 0.254. The van der Waals surface area contributed by atoms with E-state index in [-0.39, 0.29) is 6.61 Å². The van der Waals surface area contributed by atoms with Gasteiger partial charge in [-0.25, -0.2) is 0 Å². The highest BCUT2D eigenvalue weighted by Gasteiger charge is 2.35. The predicted octanol–water partition coefficient (Wildman–Crippen LogP) is -1.30. The van der Waals surface area contributed by atoms with Crippen LogP contribution in [-0.2, 0) is 4.79 Å². The molecule has 4 heteroatoms. The van der Waals surface area contributed by atoms with Crippen LogP contribution in [0.4, 0.5) is 0 Å². The minimum Gasteiger partial charge on any atom is -0.396 e. The molecule has 0 heterocycles. The third-order valence-corrected chi connectivity index (χ3v) is 1.98. The van der Waals surface area contributed by atoms with E-state index in [1.165, 1.54) is 0 Å². The van der Waals surface area contributed by atoms with Gasteiger partial charge < -0.3 is 15.3 Å². The molecule has 0 saturated carbocycles. The average molecular weight is 161 g/mol. The summed E-state index contributed by atoms with van der Waals surface area (Å²) in [7, 11) is 0. The summed E-state index contributed by atoms with van der Waals surface area (Å²) in [5, 5.41) is 26.2. The lowest BCUT2D eigenvalue weighted by atomic mass is 9.79. The van der Waals surface area contributed by atoms with E-state index in [1.807, 2.05) is 0 Å². The molecule has 0 aromatic carbocycles. The van der Waals surface area contributed by atoms with E-state index in [0.717, 1.165) is 0 Å². The molecule has 1 radical (unpaired) electrons. The first-order valence-corrected chi connectivity index (χ1v) is 3.38. The zero-order valence-corrected chi connectivity index (χ0v) is 6.45. The van der Waals surface area contributed by atoms with Crippen LogP contribution in [0.3, 0.4) is 0 Å². The summed E-state index contributed by atoms with van der Waals surface area (Å²) in [4.78, 5) is 10.3. The van der Waals surface area contributed by atoms with E-state index in [0.29, 0.717) is 0 Å². The summed E-state index contributed by atoms with van der Waals surface area (Å²) < 4.78 is 0. The van der Waals surface area contributed by atoms with Crippen LogP contribution in [0.5, 0.6) is 0 Å². The van der Waals surface area contributed by atoms with Gasteiger partial charge in [0.2, 0.25) is 6.29 Å². The topological polar surface area (TPSA) is 77.8 Å². The third kappa shape index (κ3) is 1.99. The molecule has 4 nitrogen and oxygen atoms in total. The molecule has 1 unspecified atom stereocenters. The fourth-order valence-electron chi connectivity index (χ4n) is 0.702. The fourth-order valence-corrected chi connectivity index (χ4v) is 0.702. The summed E-state index contributed by atoms with van der Waals surface area (Å²) in [6, 6.07) is 0. The van der Waals surface area contributed by atoms with Gasteiger partial charge in [-0.3, -0.25) is 4.79 Å². The molecular weight excluding hydrogens is 148 g/mol. The van der Waals surface area contributed by atoms with Crippen molar-refractivity contribution in [2.24, 2.45) is 11.3 Å². The number of carbonyl (C=O) groups excluding carboxylic acids is 1. The van der Waals surface area contributed by atoms with Crippen molar-refractivity contribution in [1.82, 2.24) is 0 Å². The predicted molar refractivity (Wildman–Crippen MR) is 38.5 cm³/mol. The Bertz CT molecular complexity index is 120. The van der Waals surface area contributed by atoms with Gasteiger partial charge in [-0.05, 0) is 5.92 Å². The van der Waals surface area contributed by atoms with Crippen molar-refractivity contribution in [2.75, 3.05) is 19.8 Å². The molecule has 0 saturated heterocycles. The van der Waals surface area contributed by atoms with Crippen LogP contribution >= 0.6 is 0 Å². The first-order valence-electron chi connectivity index (χ1n) is 3.38. The number of aliphatic hydroxyl groups excluding tert-OH is 3. The second kappa shape index (κ2) is 4.43. The van der Waals surface area contributed by atoms with E-state index in [2.05, 4.69) is 0 Å². The molecule has 0 spiro atoms. The SMILES string of the molecule is CC(CO)C([C]=O)(CO)CO. The van der Waals surface area contributed by atoms with E-state index < -0.39 is 24.5 Å². The standard InChI is InChI=1S/C7H13O4/c1-6(2-8)7(3-9,4-10)5-11/h6,8-10H,2-4H2,1H3. The number of rotatable bonds is 5. The first-order chi connectivity index (χ1) is 5.16. The van der Waals surface area contributed by atoms with Gasteiger partial charge >= 0.3 is 0 Å². The molecule has 0 aliphatic heterocycles. The van der Waals surface area contributed by atoms with Crippen molar-refractivity contribution >= 4 is 6.29 Å². The number of aliphatic hydroxyl groups is 3. The van der Waals surface area contributed by atoms with E-state index >= 15 is 0 Å². The second-order valence-corrected chi connectivity index (χ2v) is 2.66. The molecular formula is C7H13O4. The van der Waals surface area contributed by atoms with Crippen molar-refractivity contribution in [1.29, 1.82) is 0 Å². The van der Waals surface area contributed by atoms with Crippen molar-refractivity contribution in [2.45, 2.75) is 6.92 Å². The maximum Gasteiger partial charge on any atom is 0.210 e. The number of hydrogen-bond donors (Lipinski definition) is 3. The molecule has 0 aliphatic carbocycles. The molecule has 65 valence electrons. The van der Waals surface area contributed by atoms with Gasteiger partial charge in [0.15, 0.2) is 0 Å². The Balaban J connectivity index is 4.38. The summed E-state index contributed by atoms with van der Waals surface area (Å²) in [6.07, 6.45) is 1.56. The monoisotopic (exact) mass is 161 g/mol. The summed E-state index contributed by atoms with van der Waals surface area (Å²) in [5.74, 6) is -0.477. The minimum atomic E-state index is -1.31. The molecule has 3 N–H and O–H groups in total. The van der Waals surface area contributed by atoms with Gasteiger partial charge in [-0.1, -0.05) is 6.92 Å². The lowest BCUT2D eigenvalue weighted by Crippen LogP contribution is -2.39. The normalized spacial score (nSPS) is 14.5. The molecule has 0 aromatic rings. The van der Waals surface area contributed by atoms with Crippen LogP contribution in [0, 0.1) is 11.3 Å². The Hall–Kier alpha value is -0.450. The molecule has 0 amide bonds. The zero-order valence-electron chi connectivity index (χ0n) is 6.45. The maximum atomic E-state index is 10.3.